The molecule has 0 saturated carbocycles. The van der Waals surface area contributed by atoms with Crippen molar-refractivity contribution in [3.63, 3.8) is 0 Å². The fourth-order valence-electron chi connectivity index (χ4n) is 1.71. The number of carbonyl (C=O) groups is 1. The lowest BCUT2D eigenvalue weighted by molar-refractivity contribution is -0.172. The van der Waals surface area contributed by atoms with Crippen molar-refractivity contribution < 1.29 is 19.7 Å². The lowest BCUT2D eigenvalue weighted by Gasteiger charge is -2.40. The van der Waals surface area contributed by atoms with Crippen LogP contribution >= 0.6 is 0 Å². The average Bonchev–Trinajstić information content (AvgIpc) is 2.36. The highest BCUT2D eigenvalue weighted by Gasteiger charge is 2.40. The monoisotopic (exact) mass is 259 g/mol. The molecule has 1 aliphatic heterocycles. The Kier molecular flexibility index (Phi) is 5.32. The molecule has 0 spiro atoms. The van der Waals surface area contributed by atoms with Crippen LogP contribution in [0.4, 0.5) is 0 Å². The fourth-order valence-corrected chi connectivity index (χ4v) is 1.71. The van der Waals surface area contributed by atoms with E-state index in [1.54, 1.807) is 6.92 Å². The van der Waals surface area contributed by atoms with Gasteiger partial charge in [0.2, 0.25) is 5.91 Å². The molecule has 18 heavy (non-hydrogen) atoms. The van der Waals surface area contributed by atoms with E-state index in [0.717, 1.165) is 0 Å². The summed E-state index contributed by atoms with van der Waals surface area (Å²) in [6.45, 7) is 1.36. The van der Waals surface area contributed by atoms with Crippen LogP contribution in [0.2, 0.25) is 0 Å². The van der Waals surface area contributed by atoms with Crippen molar-refractivity contribution in [3.05, 3.63) is 10.4 Å². The van der Waals surface area contributed by atoms with E-state index in [9.17, 15) is 15.0 Å². The van der Waals surface area contributed by atoms with Gasteiger partial charge in [0, 0.05) is 11.5 Å². The minimum atomic E-state index is -1.17. The summed E-state index contributed by atoms with van der Waals surface area (Å²) < 4.78 is 5.38. The van der Waals surface area contributed by atoms with Crippen molar-refractivity contribution in [1.29, 1.82) is 0 Å². The topological polar surface area (TPSA) is 154 Å². The maximum atomic E-state index is 11.2. The number of rotatable bonds is 4. The van der Waals surface area contributed by atoms with E-state index in [4.69, 9.17) is 16.0 Å². The van der Waals surface area contributed by atoms with E-state index in [0.29, 0.717) is 0 Å². The summed E-state index contributed by atoms with van der Waals surface area (Å²) in [5.74, 6) is -0.486. The molecule has 0 aromatic carbocycles. The minimum Gasteiger partial charge on any atom is -0.389 e. The number of hydrogen-bond donors (Lipinski definition) is 4. The van der Waals surface area contributed by atoms with E-state index in [1.165, 1.54) is 0 Å². The molecule has 5 unspecified atom stereocenters. The number of azide groups is 1. The first-order valence-corrected chi connectivity index (χ1v) is 5.52. The zero-order valence-electron chi connectivity index (χ0n) is 9.93. The van der Waals surface area contributed by atoms with Gasteiger partial charge in [0.05, 0.1) is 12.1 Å². The van der Waals surface area contributed by atoms with Crippen LogP contribution < -0.4 is 11.1 Å². The maximum Gasteiger partial charge on any atom is 0.225 e. The van der Waals surface area contributed by atoms with Gasteiger partial charge >= 0.3 is 0 Å². The molecule has 1 amide bonds. The Labute approximate surface area is 104 Å². The predicted molar refractivity (Wildman–Crippen MR) is 61.3 cm³/mol. The zero-order chi connectivity index (χ0) is 13.7. The third-order valence-corrected chi connectivity index (χ3v) is 2.83. The van der Waals surface area contributed by atoms with Crippen LogP contribution in [-0.4, -0.2) is 59.7 Å². The minimum absolute atomic E-state index is 0.00900. The normalized spacial score (nSPS) is 35.7. The Morgan fingerprint density at radius 3 is 2.83 bits per heavy atom. The fraction of sp³-hybridized carbons (Fsp3) is 0.889. The Morgan fingerprint density at radius 1 is 1.56 bits per heavy atom. The van der Waals surface area contributed by atoms with Gasteiger partial charge in [-0.25, -0.2) is 0 Å². The highest BCUT2D eigenvalue weighted by atomic mass is 16.5. The highest BCUT2D eigenvalue weighted by molar-refractivity contribution is 5.78. The molecule has 5 atom stereocenters. The summed E-state index contributed by atoms with van der Waals surface area (Å²) in [5, 5.41) is 24.9. The molecule has 1 aliphatic rings. The molecule has 1 fully saturated rings. The largest absolute Gasteiger partial charge is 0.389 e. The van der Waals surface area contributed by atoms with Crippen LogP contribution in [-0.2, 0) is 9.53 Å². The van der Waals surface area contributed by atoms with Gasteiger partial charge in [0.25, 0.3) is 0 Å². The number of carbonyl (C=O) groups excluding carboxylic acids is 1. The second-order valence-corrected chi connectivity index (χ2v) is 4.13. The lowest BCUT2D eigenvalue weighted by atomic mass is 9.94. The van der Waals surface area contributed by atoms with E-state index in [1.807, 2.05) is 0 Å². The standard InChI is InChI=1S/C9H17N5O4/c1-4-7(10)9(17)8(16)5(18-4)2-12-6(15)3-13-14-11/h4-5,7-9,16-17H,2-3,10H2,1H3,(H,12,15). The van der Waals surface area contributed by atoms with Gasteiger partial charge in [-0.05, 0) is 12.5 Å². The first-order valence-electron chi connectivity index (χ1n) is 5.52. The molecule has 0 radical (unpaired) electrons. The number of nitrogens with zero attached hydrogens (tertiary/aromatic N) is 3. The van der Waals surface area contributed by atoms with Crippen molar-refractivity contribution in [2.24, 2.45) is 10.8 Å². The smallest absolute Gasteiger partial charge is 0.225 e. The molecule has 102 valence electrons. The molecule has 0 aliphatic carbocycles. The molecule has 5 N–H and O–H groups in total. The molecule has 0 aromatic heterocycles. The predicted octanol–water partition coefficient (Wildman–Crippen LogP) is -1.75. The third kappa shape index (κ3) is 3.56. The number of aliphatic hydroxyl groups excluding tert-OH is 2. The summed E-state index contributed by atoms with van der Waals surface area (Å²) in [4.78, 5) is 13.6. The molecule has 1 saturated heterocycles. The van der Waals surface area contributed by atoms with Crippen LogP contribution in [0.15, 0.2) is 5.11 Å². The molecule has 0 aromatic rings. The van der Waals surface area contributed by atoms with Gasteiger partial charge in [0.15, 0.2) is 0 Å². The maximum absolute atomic E-state index is 11.2. The second-order valence-electron chi connectivity index (χ2n) is 4.13. The molecular formula is C9H17N5O4. The Bertz CT molecular complexity index is 346. The molecule has 9 heteroatoms. The van der Waals surface area contributed by atoms with E-state index in [-0.39, 0.29) is 13.1 Å². The summed E-state index contributed by atoms with van der Waals surface area (Å²) in [6.07, 6.45) is -3.45. The Morgan fingerprint density at radius 2 is 2.22 bits per heavy atom. The van der Waals surface area contributed by atoms with Crippen LogP contribution in [0.1, 0.15) is 6.92 Å². The number of nitrogens with two attached hydrogens (primary N) is 1. The number of amides is 1. The van der Waals surface area contributed by atoms with Crippen molar-refractivity contribution in [2.75, 3.05) is 13.1 Å². The number of aliphatic hydroxyl groups is 2. The van der Waals surface area contributed by atoms with Crippen molar-refractivity contribution in [1.82, 2.24) is 5.32 Å². The van der Waals surface area contributed by atoms with E-state index < -0.39 is 36.4 Å². The summed E-state index contributed by atoms with van der Waals surface area (Å²) >= 11 is 0. The van der Waals surface area contributed by atoms with Crippen LogP contribution in [0.5, 0.6) is 0 Å². The summed E-state index contributed by atoms with van der Waals surface area (Å²) in [7, 11) is 0. The van der Waals surface area contributed by atoms with E-state index in [2.05, 4.69) is 15.3 Å². The van der Waals surface area contributed by atoms with Gasteiger partial charge in [0.1, 0.15) is 24.9 Å². The Balaban J connectivity index is 2.46. The van der Waals surface area contributed by atoms with Crippen LogP contribution in [0.25, 0.3) is 10.4 Å². The molecule has 1 rings (SSSR count). The SMILES string of the molecule is CC1OC(CNC(=O)CN=[N+]=[N-])C(O)C(O)C1N. The summed E-state index contributed by atoms with van der Waals surface area (Å²) in [5.41, 5.74) is 13.7. The van der Waals surface area contributed by atoms with Gasteiger partial charge in [-0.2, -0.15) is 0 Å². The summed E-state index contributed by atoms with van der Waals surface area (Å²) in [6, 6.07) is -0.671. The second kappa shape index (κ2) is 6.53. The highest BCUT2D eigenvalue weighted by Crippen LogP contribution is 2.19. The number of hydrogen-bond acceptors (Lipinski definition) is 6. The third-order valence-electron chi connectivity index (χ3n) is 2.83. The lowest BCUT2D eigenvalue weighted by Crippen LogP contribution is -2.62. The van der Waals surface area contributed by atoms with Crippen molar-refractivity contribution in [2.45, 2.75) is 37.4 Å². The first-order chi connectivity index (χ1) is 8.47. The van der Waals surface area contributed by atoms with Crippen LogP contribution in [0.3, 0.4) is 0 Å². The van der Waals surface area contributed by atoms with Crippen molar-refractivity contribution >= 4 is 5.91 Å². The van der Waals surface area contributed by atoms with Crippen LogP contribution in [0, 0.1) is 0 Å². The Hall–Kier alpha value is -1.38. The van der Waals surface area contributed by atoms with Gasteiger partial charge in [-0.1, -0.05) is 5.11 Å². The zero-order valence-corrected chi connectivity index (χ0v) is 9.93. The van der Waals surface area contributed by atoms with E-state index >= 15 is 0 Å². The molecule has 1 heterocycles. The van der Waals surface area contributed by atoms with Gasteiger partial charge in [-0.15, -0.1) is 0 Å². The molecular weight excluding hydrogens is 242 g/mol. The average molecular weight is 259 g/mol. The molecule has 0 bridgehead atoms. The quantitative estimate of drug-likeness (QED) is 0.268. The van der Waals surface area contributed by atoms with Crippen molar-refractivity contribution in [3.8, 4) is 0 Å². The van der Waals surface area contributed by atoms with Gasteiger partial charge < -0.3 is 26.0 Å². The molecule has 9 nitrogen and oxygen atoms in total. The number of ether oxygens (including phenoxy) is 1. The number of nitrogens with one attached hydrogen (secondary N) is 1. The van der Waals surface area contributed by atoms with Gasteiger partial charge in [-0.3, -0.25) is 4.79 Å². The first kappa shape index (κ1) is 14.7.